The molecule has 26 heteroatoms. The predicted molar refractivity (Wildman–Crippen MR) is 229 cm³/mol. The molecule has 0 bridgehead atoms. The second-order valence-electron chi connectivity index (χ2n) is 12.2. The summed E-state index contributed by atoms with van der Waals surface area (Å²) in [6, 6.07) is 11.6. The summed E-state index contributed by atoms with van der Waals surface area (Å²) in [7, 11) is -7.92. The van der Waals surface area contributed by atoms with E-state index >= 15 is 0 Å². The lowest BCUT2D eigenvalue weighted by Gasteiger charge is -2.14. The first-order valence-corrected chi connectivity index (χ1v) is 22.2. The zero-order chi connectivity index (χ0) is 48.7. The summed E-state index contributed by atoms with van der Waals surface area (Å²) < 4.78 is 139. The quantitative estimate of drug-likeness (QED) is 0.0822. The van der Waals surface area contributed by atoms with E-state index in [1.165, 1.54) is 43.8 Å². The molecule has 0 atom stereocenters. The number of nitrogens with zero attached hydrogens (tertiary/aromatic N) is 3. The van der Waals surface area contributed by atoms with Crippen LogP contribution < -0.4 is 19.7 Å². The van der Waals surface area contributed by atoms with Crippen LogP contribution in [0.25, 0.3) is 0 Å². The van der Waals surface area contributed by atoms with Crippen LogP contribution in [0.5, 0.6) is 5.88 Å². The Balaban J connectivity index is 0.000000274. The van der Waals surface area contributed by atoms with Crippen LogP contribution in [0.15, 0.2) is 112 Å². The van der Waals surface area contributed by atoms with Crippen molar-refractivity contribution in [3.8, 4) is 5.88 Å². The lowest BCUT2D eigenvalue weighted by molar-refractivity contribution is -0.138. The number of nitrogens with one attached hydrogen (secondary N) is 3. The molecule has 4 aromatic heterocycles. The Morgan fingerprint density at radius 3 is 1.49 bits per heavy atom. The number of methoxy groups -OCH3 is 1. The molecule has 6 aromatic rings. The van der Waals surface area contributed by atoms with Crippen molar-refractivity contribution in [2.45, 2.75) is 36.0 Å². The Morgan fingerprint density at radius 1 is 0.646 bits per heavy atom. The highest BCUT2D eigenvalue weighted by atomic mass is 35.5. The van der Waals surface area contributed by atoms with Crippen LogP contribution in [0.3, 0.4) is 0 Å². The van der Waals surface area contributed by atoms with Crippen molar-refractivity contribution in [3.63, 3.8) is 0 Å². The van der Waals surface area contributed by atoms with Crippen molar-refractivity contribution in [2.24, 2.45) is 0 Å². The van der Waals surface area contributed by atoms with Crippen molar-refractivity contribution < 1.29 is 57.5 Å². The number of benzene rings is 2. The van der Waals surface area contributed by atoms with E-state index in [0.717, 1.165) is 48.8 Å². The second-order valence-corrected chi connectivity index (χ2v) is 17.3. The van der Waals surface area contributed by atoms with Gasteiger partial charge in [0.1, 0.15) is 11.4 Å². The molecule has 0 amide bonds. The summed E-state index contributed by atoms with van der Waals surface area (Å²) in [4.78, 5) is 50.0. The van der Waals surface area contributed by atoms with Gasteiger partial charge >= 0.3 is 12.4 Å². The summed E-state index contributed by atoms with van der Waals surface area (Å²) >= 11 is 22.8. The molecule has 3 N–H and O–H groups in total. The maximum atomic E-state index is 13.1. The molecule has 0 spiro atoms. The number of rotatable bonds is 11. The van der Waals surface area contributed by atoms with E-state index in [2.05, 4.69) is 24.7 Å². The number of carbonyl (C=O) groups excluding carboxylic acids is 2. The van der Waals surface area contributed by atoms with E-state index in [-0.39, 0.29) is 38.4 Å². The second kappa shape index (κ2) is 21.0. The molecular formula is C39H28Cl4F6N6O8S2. The van der Waals surface area contributed by atoms with Gasteiger partial charge in [0, 0.05) is 24.8 Å². The minimum Gasteiger partial charge on any atom is -0.480 e. The van der Waals surface area contributed by atoms with Crippen LogP contribution >= 0.6 is 46.4 Å². The monoisotopic (exact) mass is 1030 g/mol. The Morgan fingerprint density at radius 2 is 1.08 bits per heavy atom. The number of carbonyl (C=O) groups is 2. The van der Waals surface area contributed by atoms with Gasteiger partial charge in [-0.15, -0.1) is 0 Å². The van der Waals surface area contributed by atoms with Gasteiger partial charge in [-0.3, -0.25) is 23.8 Å². The third kappa shape index (κ3) is 12.7. The molecule has 0 saturated heterocycles. The third-order valence-corrected chi connectivity index (χ3v) is 11.8. The van der Waals surface area contributed by atoms with Gasteiger partial charge in [-0.2, -0.15) is 26.3 Å². The van der Waals surface area contributed by atoms with Crippen LogP contribution in [0.1, 0.15) is 57.1 Å². The highest BCUT2D eigenvalue weighted by Gasteiger charge is 2.36. The van der Waals surface area contributed by atoms with Gasteiger partial charge in [0.05, 0.1) is 70.6 Å². The number of anilines is 2. The summed E-state index contributed by atoms with van der Waals surface area (Å²) in [5.41, 5.74) is -5.40. The first kappa shape index (κ1) is 51.9. The molecule has 0 saturated carbocycles. The Hall–Kier alpha value is -5.78. The zero-order valence-electron chi connectivity index (χ0n) is 32.9. The van der Waals surface area contributed by atoms with Crippen LogP contribution in [-0.4, -0.2) is 55.4 Å². The van der Waals surface area contributed by atoms with E-state index < -0.39 is 91.9 Å². The maximum Gasteiger partial charge on any atom is 0.417 e. The van der Waals surface area contributed by atoms with Gasteiger partial charge in [0.2, 0.25) is 17.4 Å². The van der Waals surface area contributed by atoms with Crippen LogP contribution in [-0.2, 0) is 32.4 Å². The molecule has 2 aromatic carbocycles. The molecule has 0 fully saturated rings. The van der Waals surface area contributed by atoms with E-state index in [1.807, 2.05) is 18.6 Å². The molecule has 0 aliphatic rings. The number of sulfonamides is 2. The number of ketones is 2. The molecule has 0 unspecified atom stereocenters. The number of halogens is 10. The number of aromatic amines is 1. The first-order chi connectivity index (χ1) is 30.3. The van der Waals surface area contributed by atoms with E-state index in [9.17, 15) is 57.6 Å². The molecule has 65 heavy (non-hydrogen) atoms. The smallest absolute Gasteiger partial charge is 0.417 e. The molecule has 0 aliphatic carbocycles. The van der Waals surface area contributed by atoms with Crippen molar-refractivity contribution in [3.05, 3.63) is 162 Å². The van der Waals surface area contributed by atoms with Gasteiger partial charge in [0.25, 0.3) is 25.6 Å². The number of alkyl halides is 6. The van der Waals surface area contributed by atoms with Gasteiger partial charge in [-0.1, -0.05) is 60.3 Å². The van der Waals surface area contributed by atoms with Crippen molar-refractivity contribution in [2.75, 3.05) is 16.6 Å². The van der Waals surface area contributed by atoms with Crippen molar-refractivity contribution in [1.82, 2.24) is 19.9 Å². The minimum atomic E-state index is -4.89. The average Bonchev–Trinajstić information content (AvgIpc) is 3.23. The molecule has 344 valence electrons. The fraction of sp³-hybridized carbons (Fsp3) is 0.128. The summed E-state index contributed by atoms with van der Waals surface area (Å²) in [6.07, 6.45) is -4.94. The molecule has 4 heterocycles. The SMILES string of the molecule is CC.COc1ncccc1C(=O)c1ncc(Cl)cc1NS(=O)(=O)c1ccc(Cl)c(C(F)(F)F)c1.O=C(c1ncc(Cl)cc1NS(=O)(=O)c1ccc(Cl)c(C(F)(F)F)c1)c1ccc[nH]c1=O. The number of aromatic nitrogens is 4. The average molecular weight is 1030 g/mol. The van der Waals surface area contributed by atoms with Crippen LogP contribution in [0.4, 0.5) is 37.7 Å². The number of hydrogen-bond acceptors (Lipinski definition) is 11. The topological polar surface area (TPSA) is 207 Å². The minimum absolute atomic E-state index is 0.0175. The third-order valence-electron chi connectivity index (χ3n) is 8.01. The first-order valence-electron chi connectivity index (χ1n) is 17.7. The lowest BCUT2D eigenvalue weighted by Crippen LogP contribution is -2.21. The van der Waals surface area contributed by atoms with Gasteiger partial charge in [-0.25, -0.2) is 31.8 Å². The van der Waals surface area contributed by atoms with Crippen LogP contribution in [0, 0.1) is 0 Å². The van der Waals surface area contributed by atoms with Crippen LogP contribution in [0.2, 0.25) is 20.1 Å². The van der Waals surface area contributed by atoms with Gasteiger partial charge < -0.3 is 9.72 Å². The highest BCUT2D eigenvalue weighted by molar-refractivity contribution is 7.93. The van der Waals surface area contributed by atoms with Crippen molar-refractivity contribution in [1.29, 1.82) is 0 Å². The van der Waals surface area contributed by atoms with Crippen molar-refractivity contribution >= 4 is 89.4 Å². The molecular weight excluding hydrogens is 1000 g/mol. The number of pyridine rings is 4. The number of H-pyrrole nitrogens is 1. The highest BCUT2D eigenvalue weighted by Crippen LogP contribution is 2.38. The standard InChI is InChI=1S/C19H12Cl2F3N3O4S.C18H10Cl2F3N3O4S.C2H6/c1-31-18-12(3-2-6-25-18)17(28)16-15(7-10(20)9-26-16)27-32(29,30)11-4-5-14(21)13(8-11)19(22,23)24;19-9-6-14(15(25-8-9)16(27)11-2-1-5-24-17(11)28)26-31(29,30)10-3-4-13(20)12(7-10)18(21,22)23;1-2/h2-9,27H,1H3;1-8,26H,(H,24,28);1-2H3. The van der Waals surface area contributed by atoms with E-state index in [4.69, 9.17) is 51.1 Å². The fourth-order valence-electron chi connectivity index (χ4n) is 5.16. The zero-order valence-corrected chi connectivity index (χ0v) is 37.6. The predicted octanol–water partition coefficient (Wildman–Crippen LogP) is 10.00. The molecule has 6 rings (SSSR count). The normalized spacial score (nSPS) is 11.6. The van der Waals surface area contributed by atoms with Gasteiger partial charge in [-0.05, 0) is 72.8 Å². The molecule has 0 radical (unpaired) electrons. The fourth-order valence-corrected chi connectivity index (χ4v) is 8.09. The molecule has 14 nitrogen and oxygen atoms in total. The Labute approximate surface area is 385 Å². The van der Waals surface area contributed by atoms with E-state index in [1.54, 1.807) is 0 Å². The summed E-state index contributed by atoms with van der Waals surface area (Å²) in [5.74, 6) is -1.71. The number of hydrogen-bond donors (Lipinski definition) is 3. The summed E-state index contributed by atoms with van der Waals surface area (Å²) in [6.45, 7) is 4.00. The largest absolute Gasteiger partial charge is 0.480 e. The van der Waals surface area contributed by atoms with Gasteiger partial charge in [0.15, 0.2) is 0 Å². The lowest BCUT2D eigenvalue weighted by atomic mass is 10.1. The molecule has 0 aliphatic heterocycles. The Bertz CT molecular complexity index is 3050. The van der Waals surface area contributed by atoms with E-state index in [0.29, 0.717) is 12.1 Å². The summed E-state index contributed by atoms with van der Waals surface area (Å²) in [5, 5.41) is -1.44. The number of ether oxygens (including phenoxy) is 1. The Kier molecular flexibility index (Phi) is 16.8. The maximum absolute atomic E-state index is 13.1.